The van der Waals surface area contributed by atoms with Gasteiger partial charge in [0.2, 0.25) is 5.89 Å². The molecule has 0 amide bonds. The summed E-state index contributed by atoms with van der Waals surface area (Å²) in [7, 11) is 0. The van der Waals surface area contributed by atoms with Crippen LogP contribution in [0.5, 0.6) is 0 Å². The molecule has 2 rings (SSSR count). The van der Waals surface area contributed by atoms with Crippen molar-refractivity contribution in [2.24, 2.45) is 0 Å². The summed E-state index contributed by atoms with van der Waals surface area (Å²) in [6.07, 6.45) is 2.32. The molecule has 1 heterocycles. The van der Waals surface area contributed by atoms with Gasteiger partial charge in [-0.3, -0.25) is 0 Å². The van der Waals surface area contributed by atoms with E-state index in [1.54, 1.807) is 0 Å². The highest BCUT2D eigenvalue weighted by molar-refractivity contribution is 14.1. The van der Waals surface area contributed by atoms with Gasteiger partial charge in [-0.2, -0.15) is 0 Å². The largest absolute Gasteiger partial charge is 0.478 e. The van der Waals surface area contributed by atoms with Crippen molar-refractivity contribution in [3.63, 3.8) is 0 Å². The van der Waals surface area contributed by atoms with Crippen molar-refractivity contribution >= 4 is 45.7 Å². The third-order valence-electron chi connectivity index (χ3n) is 1.73. The van der Waals surface area contributed by atoms with E-state index in [2.05, 4.69) is 27.6 Å². The van der Waals surface area contributed by atoms with Crippen LogP contribution in [0.4, 0.5) is 0 Å². The van der Waals surface area contributed by atoms with Crippen molar-refractivity contribution in [1.29, 1.82) is 0 Å². The zero-order valence-corrected chi connectivity index (χ0v) is 9.63. The third-order valence-corrected chi connectivity index (χ3v) is 2.41. The number of nitrogens with zero attached hydrogens (tertiary/aromatic N) is 1. The van der Waals surface area contributed by atoms with Crippen LogP contribution in [-0.2, 0) is 4.79 Å². The van der Waals surface area contributed by atoms with Crippen LogP contribution < -0.4 is 0 Å². The molecule has 4 nitrogen and oxygen atoms in total. The van der Waals surface area contributed by atoms with Crippen molar-refractivity contribution in [1.82, 2.24) is 4.98 Å². The molecule has 2 aromatic rings. The number of hydrogen-bond acceptors (Lipinski definition) is 3. The molecule has 0 spiro atoms. The lowest BCUT2D eigenvalue weighted by atomic mass is 10.3. The number of carboxylic acid groups (broad SMARTS) is 1. The van der Waals surface area contributed by atoms with E-state index in [1.165, 1.54) is 6.08 Å². The van der Waals surface area contributed by atoms with Crippen LogP contribution in [0, 0.1) is 3.57 Å². The molecule has 0 atom stereocenters. The lowest BCUT2D eigenvalue weighted by molar-refractivity contribution is -0.131. The van der Waals surface area contributed by atoms with E-state index in [9.17, 15) is 4.79 Å². The molecule has 1 aromatic heterocycles. The minimum Gasteiger partial charge on any atom is -0.478 e. The Balaban J connectivity index is 2.43. The first-order valence-corrected chi connectivity index (χ1v) is 5.20. The topological polar surface area (TPSA) is 63.3 Å². The summed E-state index contributed by atoms with van der Waals surface area (Å²) in [5.74, 6) is -0.721. The molecule has 0 radical (unpaired) electrons. The van der Waals surface area contributed by atoms with Gasteiger partial charge in [0.05, 0.1) is 0 Å². The Morgan fingerprint density at radius 1 is 1.53 bits per heavy atom. The summed E-state index contributed by atoms with van der Waals surface area (Å²) in [6.45, 7) is 0. The third kappa shape index (κ3) is 2.35. The van der Waals surface area contributed by atoms with Gasteiger partial charge in [0.15, 0.2) is 5.58 Å². The molecule has 1 N–H and O–H groups in total. The quantitative estimate of drug-likeness (QED) is 0.683. The van der Waals surface area contributed by atoms with Crippen LogP contribution in [0.15, 0.2) is 28.7 Å². The second-order valence-electron chi connectivity index (χ2n) is 2.84. The summed E-state index contributed by atoms with van der Waals surface area (Å²) in [4.78, 5) is 14.4. The molecule has 0 fully saturated rings. The van der Waals surface area contributed by atoms with E-state index in [1.807, 2.05) is 18.2 Å². The number of aliphatic carboxylic acids is 1. The van der Waals surface area contributed by atoms with Gasteiger partial charge in [-0.1, -0.05) is 0 Å². The number of oxazole rings is 1. The Bertz CT molecular complexity index is 545. The van der Waals surface area contributed by atoms with E-state index in [4.69, 9.17) is 9.52 Å². The summed E-state index contributed by atoms with van der Waals surface area (Å²) in [6, 6.07) is 5.58. The average Bonchev–Trinajstić information content (AvgIpc) is 2.56. The van der Waals surface area contributed by atoms with Crippen LogP contribution in [0.25, 0.3) is 17.2 Å². The summed E-state index contributed by atoms with van der Waals surface area (Å²) in [5, 5.41) is 8.44. The second kappa shape index (κ2) is 4.01. The predicted molar refractivity (Wildman–Crippen MR) is 63.4 cm³/mol. The standard InChI is InChI=1S/C10H6INO3/c11-6-1-2-8-7(5-6)12-9(15-8)3-4-10(13)14/h1-5H,(H,13,14)/b4-3+. The van der Waals surface area contributed by atoms with E-state index < -0.39 is 5.97 Å². The lowest BCUT2D eigenvalue weighted by Gasteiger charge is -1.86. The van der Waals surface area contributed by atoms with Crippen molar-refractivity contribution in [2.45, 2.75) is 0 Å². The number of carboxylic acids is 1. The van der Waals surface area contributed by atoms with Crippen LogP contribution >= 0.6 is 22.6 Å². The van der Waals surface area contributed by atoms with Gasteiger partial charge in [0.25, 0.3) is 0 Å². The molecule has 0 aliphatic heterocycles. The van der Waals surface area contributed by atoms with Gasteiger partial charge in [-0.05, 0) is 40.8 Å². The highest BCUT2D eigenvalue weighted by Gasteiger charge is 2.03. The van der Waals surface area contributed by atoms with E-state index in [0.29, 0.717) is 11.5 Å². The predicted octanol–water partition coefficient (Wildman–Crippen LogP) is 2.53. The molecule has 5 heteroatoms. The number of halogens is 1. The number of fused-ring (bicyclic) bond motifs is 1. The van der Waals surface area contributed by atoms with E-state index in [-0.39, 0.29) is 0 Å². The van der Waals surface area contributed by atoms with Crippen molar-refractivity contribution in [3.8, 4) is 0 Å². The first-order chi connectivity index (χ1) is 7.15. The van der Waals surface area contributed by atoms with Gasteiger partial charge in [0, 0.05) is 15.7 Å². The Kier molecular flexibility index (Phi) is 2.72. The van der Waals surface area contributed by atoms with Crippen molar-refractivity contribution in [2.75, 3.05) is 0 Å². The fraction of sp³-hybridized carbons (Fsp3) is 0. The number of carbonyl (C=O) groups is 1. The van der Waals surface area contributed by atoms with Gasteiger partial charge < -0.3 is 9.52 Å². The van der Waals surface area contributed by atoms with Gasteiger partial charge in [0.1, 0.15) is 5.52 Å². The maximum absolute atomic E-state index is 10.3. The fourth-order valence-electron chi connectivity index (χ4n) is 1.13. The van der Waals surface area contributed by atoms with Crippen LogP contribution in [-0.4, -0.2) is 16.1 Å². The monoisotopic (exact) mass is 315 g/mol. The molecule has 76 valence electrons. The van der Waals surface area contributed by atoms with Crippen LogP contribution in [0.3, 0.4) is 0 Å². The maximum Gasteiger partial charge on any atom is 0.328 e. The van der Waals surface area contributed by atoms with Gasteiger partial charge in [-0.15, -0.1) is 0 Å². The molecule has 0 bridgehead atoms. The Morgan fingerprint density at radius 2 is 2.33 bits per heavy atom. The zero-order chi connectivity index (χ0) is 10.8. The first kappa shape index (κ1) is 10.2. The molecular formula is C10H6INO3. The van der Waals surface area contributed by atoms with Gasteiger partial charge in [-0.25, -0.2) is 9.78 Å². The lowest BCUT2D eigenvalue weighted by Crippen LogP contribution is -1.85. The molecule has 0 aliphatic rings. The molecule has 0 saturated heterocycles. The fourth-order valence-corrected chi connectivity index (χ4v) is 1.61. The van der Waals surface area contributed by atoms with Crippen molar-refractivity contribution < 1.29 is 14.3 Å². The Labute approximate surface area is 98.7 Å². The molecular weight excluding hydrogens is 309 g/mol. The highest BCUT2D eigenvalue weighted by Crippen LogP contribution is 2.18. The smallest absolute Gasteiger partial charge is 0.328 e. The summed E-state index contributed by atoms with van der Waals surface area (Å²) in [5.41, 5.74) is 1.38. The van der Waals surface area contributed by atoms with E-state index >= 15 is 0 Å². The molecule has 0 unspecified atom stereocenters. The van der Waals surface area contributed by atoms with Gasteiger partial charge >= 0.3 is 5.97 Å². The minimum absolute atomic E-state index is 0.300. The molecule has 15 heavy (non-hydrogen) atoms. The number of aromatic nitrogens is 1. The molecule has 0 saturated carbocycles. The molecule has 1 aromatic carbocycles. The SMILES string of the molecule is O=C(O)/C=C/c1nc2cc(I)ccc2o1. The second-order valence-corrected chi connectivity index (χ2v) is 4.08. The highest BCUT2D eigenvalue weighted by atomic mass is 127. The average molecular weight is 315 g/mol. The summed E-state index contributed by atoms with van der Waals surface area (Å²) >= 11 is 2.18. The number of hydrogen-bond donors (Lipinski definition) is 1. The van der Waals surface area contributed by atoms with Crippen LogP contribution in [0.2, 0.25) is 0 Å². The first-order valence-electron chi connectivity index (χ1n) is 4.12. The Morgan fingerprint density at radius 3 is 3.07 bits per heavy atom. The van der Waals surface area contributed by atoms with Crippen LogP contribution in [0.1, 0.15) is 5.89 Å². The Hall–Kier alpha value is -1.37. The molecule has 0 aliphatic carbocycles. The van der Waals surface area contributed by atoms with E-state index in [0.717, 1.165) is 15.2 Å². The summed E-state index contributed by atoms with van der Waals surface area (Å²) < 4.78 is 6.37. The maximum atomic E-state index is 10.3. The number of rotatable bonds is 2. The van der Waals surface area contributed by atoms with Crippen molar-refractivity contribution in [3.05, 3.63) is 33.7 Å². The normalized spacial score (nSPS) is 11.3. The zero-order valence-electron chi connectivity index (χ0n) is 7.48. The number of benzene rings is 1. The minimum atomic E-state index is -1.02.